The van der Waals surface area contributed by atoms with Gasteiger partial charge in [0.2, 0.25) is 0 Å². The maximum absolute atomic E-state index is 11.6. The van der Waals surface area contributed by atoms with Crippen molar-refractivity contribution in [3.63, 3.8) is 0 Å². The molecule has 3 unspecified atom stereocenters. The zero-order chi connectivity index (χ0) is 26.7. The third kappa shape index (κ3) is 5.41. The summed E-state index contributed by atoms with van der Waals surface area (Å²) in [5.74, 6) is -0.00765. The van der Waals surface area contributed by atoms with Gasteiger partial charge in [-0.05, 0) is 62.2 Å². The summed E-state index contributed by atoms with van der Waals surface area (Å²) in [4.78, 5) is 30.1. The molecule has 1 aliphatic heterocycles. The Morgan fingerprint density at radius 2 is 2.03 bits per heavy atom. The lowest BCUT2D eigenvalue weighted by Crippen LogP contribution is -2.33. The molecule has 0 radical (unpaired) electrons. The highest BCUT2D eigenvalue weighted by molar-refractivity contribution is 6.14. The standard InChI is InChI=1S/C28H31N3O6/c1-6-30-26-11-7-20(14-24(26)25-15-21(31(33)34)8-12-27(25)30)28(29-37-19(4)32)23-10-9-22(13-17(23)2)36-18(3)16-35-5/h7-15,18,25,27H,6,16H2,1-5H3/b29-28+. The molecule has 1 aliphatic carbocycles. The number of carbonyl (C=O) groups is 1. The van der Waals surface area contributed by atoms with Crippen LogP contribution in [0.3, 0.4) is 0 Å². The lowest BCUT2D eigenvalue weighted by atomic mass is 9.88. The van der Waals surface area contributed by atoms with Crippen LogP contribution >= 0.6 is 0 Å². The first-order chi connectivity index (χ1) is 17.7. The quantitative estimate of drug-likeness (QED) is 0.210. The van der Waals surface area contributed by atoms with Gasteiger partial charge in [-0.25, -0.2) is 4.79 Å². The van der Waals surface area contributed by atoms with E-state index in [4.69, 9.17) is 14.3 Å². The lowest BCUT2D eigenvalue weighted by molar-refractivity contribution is -0.419. The molecule has 2 aromatic carbocycles. The van der Waals surface area contributed by atoms with E-state index < -0.39 is 5.97 Å². The molecule has 1 heterocycles. The first-order valence-electron chi connectivity index (χ1n) is 12.2. The number of hydrogen-bond acceptors (Lipinski definition) is 8. The van der Waals surface area contributed by atoms with E-state index >= 15 is 0 Å². The fraction of sp³-hybridized carbons (Fsp3) is 0.357. The van der Waals surface area contributed by atoms with Gasteiger partial charge < -0.3 is 19.2 Å². The van der Waals surface area contributed by atoms with Crippen molar-refractivity contribution < 1.29 is 24.0 Å². The van der Waals surface area contributed by atoms with Crippen LogP contribution in [0, 0.1) is 17.0 Å². The number of hydrogen-bond donors (Lipinski definition) is 0. The molecule has 0 saturated carbocycles. The maximum atomic E-state index is 11.6. The third-order valence-corrected chi connectivity index (χ3v) is 6.52. The highest BCUT2D eigenvalue weighted by atomic mass is 16.7. The summed E-state index contributed by atoms with van der Waals surface area (Å²) in [6.45, 7) is 8.45. The molecule has 0 saturated heterocycles. The number of oxime groups is 1. The van der Waals surface area contributed by atoms with Crippen LogP contribution in [0.15, 0.2) is 65.5 Å². The molecule has 0 aromatic heterocycles. The van der Waals surface area contributed by atoms with Crippen LogP contribution in [0.5, 0.6) is 5.75 Å². The Kier molecular flexibility index (Phi) is 7.73. The molecule has 194 valence electrons. The van der Waals surface area contributed by atoms with Crippen molar-refractivity contribution in [2.45, 2.75) is 45.8 Å². The lowest BCUT2D eigenvalue weighted by Gasteiger charge is -2.27. The summed E-state index contributed by atoms with van der Waals surface area (Å²) < 4.78 is 11.1. The van der Waals surface area contributed by atoms with E-state index in [0.29, 0.717) is 18.1 Å². The minimum Gasteiger partial charge on any atom is -0.488 e. The minimum absolute atomic E-state index is 0.0000618. The molecular formula is C28H31N3O6. The van der Waals surface area contributed by atoms with Crippen molar-refractivity contribution in [3.8, 4) is 5.75 Å². The van der Waals surface area contributed by atoms with Crippen LogP contribution in [-0.4, -0.2) is 49.0 Å². The molecule has 0 spiro atoms. The highest BCUT2D eigenvalue weighted by Crippen LogP contribution is 2.45. The fourth-order valence-corrected chi connectivity index (χ4v) is 4.96. The van der Waals surface area contributed by atoms with Crippen LogP contribution in [0.4, 0.5) is 5.69 Å². The average molecular weight is 506 g/mol. The van der Waals surface area contributed by atoms with E-state index in [2.05, 4.69) is 17.0 Å². The fourth-order valence-electron chi connectivity index (χ4n) is 4.96. The summed E-state index contributed by atoms with van der Waals surface area (Å²) >= 11 is 0. The van der Waals surface area contributed by atoms with E-state index in [-0.39, 0.29) is 28.7 Å². The van der Waals surface area contributed by atoms with Crippen LogP contribution in [-0.2, 0) is 14.4 Å². The number of methoxy groups -OCH3 is 1. The molecule has 0 bridgehead atoms. The molecular weight excluding hydrogens is 474 g/mol. The zero-order valence-electron chi connectivity index (χ0n) is 21.6. The van der Waals surface area contributed by atoms with Crippen molar-refractivity contribution in [1.29, 1.82) is 0 Å². The van der Waals surface area contributed by atoms with E-state index in [9.17, 15) is 14.9 Å². The molecule has 9 heteroatoms. The second kappa shape index (κ2) is 11.0. The van der Waals surface area contributed by atoms with Gasteiger partial charge in [0.1, 0.15) is 17.6 Å². The molecule has 9 nitrogen and oxygen atoms in total. The first kappa shape index (κ1) is 26.1. The largest absolute Gasteiger partial charge is 0.488 e. The van der Waals surface area contributed by atoms with Gasteiger partial charge in [-0.2, -0.15) is 0 Å². The van der Waals surface area contributed by atoms with Gasteiger partial charge in [-0.3, -0.25) is 10.1 Å². The summed E-state index contributed by atoms with van der Waals surface area (Å²) in [7, 11) is 1.63. The topological polar surface area (TPSA) is 104 Å². The second-order valence-corrected chi connectivity index (χ2v) is 9.17. The van der Waals surface area contributed by atoms with Gasteiger partial charge in [0.05, 0.1) is 17.6 Å². The summed E-state index contributed by atoms with van der Waals surface area (Å²) in [6.07, 6.45) is 5.07. The van der Waals surface area contributed by atoms with E-state index in [1.165, 1.54) is 6.92 Å². The summed E-state index contributed by atoms with van der Waals surface area (Å²) in [6, 6.07) is 11.6. The van der Waals surface area contributed by atoms with Gasteiger partial charge in [-0.1, -0.05) is 17.3 Å². The Labute approximate surface area is 216 Å². The Hall–Kier alpha value is -3.98. The Morgan fingerprint density at radius 3 is 2.68 bits per heavy atom. The van der Waals surface area contributed by atoms with E-state index in [0.717, 1.165) is 34.5 Å². The van der Waals surface area contributed by atoms with Gasteiger partial charge in [-0.15, -0.1) is 0 Å². The smallest absolute Gasteiger partial charge is 0.332 e. The number of allylic oxidation sites excluding steroid dienone is 1. The number of benzene rings is 2. The SMILES string of the molecule is CCN1c2ccc(/C(=N\OC(C)=O)c3ccc(OC(C)COC)cc3C)cc2C2C=C([N+](=O)[O-])C=CC21. The number of fused-ring (bicyclic) bond motifs is 3. The molecule has 3 atom stereocenters. The first-order valence-corrected chi connectivity index (χ1v) is 12.2. The normalized spacial score (nSPS) is 19.1. The van der Waals surface area contributed by atoms with Crippen LogP contribution in [0.2, 0.25) is 0 Å². The molecule has 0 fully saturated rings. The molecule has 37 heavy (non-hydrogen) atoms. The van der Waals surface area contributed by atoms with Crippen LogP contribution in [0.25, 0.3) is 0 Å². The maximum Gasteiger partial charge on any atom is 0.332 e. The van der Waals surface area contributed by atoms with E-state index in [1.54, 1.807) is 19.3 Å². The molecule has 2 aromatic rings. The molecule has 0 N–H and O–H groups in total. The number of aryl methyl sites for hydroxylation is 1. The van der Waals surface area contributed by atoms with Crippen LogP contribution < -0.4 is 9.64 Å². The number of anilines is 1. The highest BCUT2D eigenvalue weighted by Gasteiger charge is 2.39. The molecule has 2 aliphatic rings. The molecule has 4 rings (SSSR count). The van der Waals surface area contributed by atoms with Gasteiger partial charge in [0.25, 0.3) is 5.70 Å². The Balaban J connectivity index is 1.76. The van der Waals surface area contributed by atoms with Crippen LogP contribution in [0.1, 0.15) is 48.9 Å². The number of nitrogens with zero attached hydrogens (tertiary/aromatic N) is 3. The van der Waals surface area contributed by atoms with Crippen molar-refractivity contribution in [2.24, 2.45) is 5.16 Å². The van der Waals surface area contributed by atoms with Crippen molar-refractivity contribution in [1.82, 2.24) is 0 Å². The summed E-state index contributed by atoms with van der Waals surface area (Å²) in [5.41, 5.74) is 4.96. The minimum atomic E-state index is -0.530. The van der Waals surface area contributed by atoms with Gasteiger partial charge in [0, 0.05) is 55.5 Å². The van der Waals surface area contributed by atoms with Crippen molar-refractivity contribution in [3.05, 3.63) is 92.7 Å². The molecule has 0 amide bonds. The number of carbonyl (C=O) groups excluding carboxylic acids is 1. The third-order valence-electron chi connectivity index (χ3n) is 6.52. The van der Waals surface area contributed by atoms with E-state index in [1.807, 2.05) is 56.3 Å². The number of ether oxygens (including phenoxy) is 2. The van der Waals surface area contributed by atoms with Gasteiger partial charge >= 0.3 is 5.97 Å². The monoisotopic (exact) mass is 505 g/mol. The van der Waals surface area contributed by atoms with Crippen molar-refractivity contribution in [2.75, 3.05) is 25.2 Å². The predicted octanol–water partition coefficient (Wildman–Crippen LogP) is 4.75. The second-order valence-electron chi connectivity index (χ2n) is 9.17. The van der Waals surface area contributed by atoms with Crippen molar-refractivity contribution >= 4 is 17.4 Å². The zero-order valence-corrected chi connectivity index (χ0v) is 21.6. The van der Waals surface area contributed by atoms with Gasteiger partial charge in [0.15, 0.2) is 0 Å². The predicted molar refractivity (Wildman–Crippen MR) is 141 cm³/mol. The number of nitro groups is 1. The Morgan fingerprint density at radius 1 is 1.24 bits per heavy atom. The Bertz CT molecular complexity index is 1300. The number of likely N-dealkylation sites (N-methyl/N-ethyl adjacent to an activating group) is 1. The summed E-state index contributed by atoms with van der Waals surface area (Å²) in [5, 5.41) is 15.7. The number of rotatable bonds is 9. The average Bonchev–Trinajstić information content (AvgIpc) is 3.17.